The van der Waals surface area contributed by atoms with Gasteiger partial charge in [0.1, 0.15) is 0 Å². The standard InChI is InChI=1S/C40H24/c1-3-10-32-25(6-1)12-15-30-24-31(19-20-33(30)32)39-34-11-4-2-7-26(34)16-22-36(39)35-21-17-29-14-13-27-8-5-9-28-18-23-37(35)40(29)38(27)28/h1-24H. The second-order valence-electron chi connectivity index (χ2n) is 10.9. The monoisotopic (exact) mass is 504 g/mol. The largest absolute Gasteiger partial charge is 0.0616 e. The maximum absolute atomic E-state index is 2.38. The fourth-order valence-electron chi connectivity index (χ4n) is 6.95. The molecular formula is C40H24. The van der Waals surface area contributed by atoms with E-state index in [4.69, 9.17) is 0 Å². The molecule has 0 amide bonds. The molecule has 0 spiro atoms. The lowest BCUT2D eigenvalue weighted by molar-refractivity contribution is 1.66. The zero-order valence-corrected chi connectivity index (χ0v) is 21.9. The average Bonchev–Trinajstić information content (AvgIpc) is 3.02. The van der Waals surface area contributed by atoms with Gasteiger partial charge in [0, 0.05) is 0 Å². The minimum atomic E-state index is 1.25. The van der Waals surface area contributed by atoms with Crippen LogP contribution in [0.5, 0.6) is 0 Å². The van der Waals surface area contributed by atoms with Gasteiger partial charge in [0.25, 0.3) is 0 Å². The summed E-state index contributed by atoms with van der Waals surface area (Å²) in [5.74, 6) is 0. The van der Waals surface area contributed by atoms with Crippen LogP contribution >= 0.6 is 0 Å². The summed E-state index contributed by atoms with van der Waals surface area (Å²) in [5, 5.41) is 15.6. The van der Waals surface area contributed by atoms with Crippen LogP contribution < -0.4 is 0 Å². The topological polar surface area (TPSA) is 0 Å². The Morgan fingerprint density at radius 1 is 0.275 bits per heavy atom. The fraction of sp³-hybridized carbons (Fsp3) is 0. The van der Waals surface area contributed by atoms with Crippen LogP contribution in [0, 0.1) is 0 Å². The first-order chi connectivity index (χ1) is 19.8. The molecule has 184 valence electrons. The number of rotatable bonds is 2. The van der Waals surface area contributed by atoms with Crippen LogP contribution in [-0.4, -0.2) is 0 Å². The van der Waals surface area contributed by atoms with Gasteiger partial charge in [-0.05, 0) is 93.0 Å². The Kier molecular flexibility index (Phi) is 4.42. The van der Waals surface area contributed by atoms with Crippen LogP contribution in [0.1, 0.15) is 0 Å². The molecule has 0 N–H and O–H groups in total. The van der Waals surface area contributed by atoms with Crippen molar-refractivity contribution < 1.29 is 0 Å². The van der Waals surface area contributed by atoms with Crippen LogP contribution in [0.25, 0.3) is 86.9 Å². The van der Waals surface area contributed by atoms with Gasteiger partial charge >= 0.3 is 0 Å². The molecule has 0 fully saturated rings. The van der Waals surface area contributed by atoms with Crippen molar-refractivity contribution in [3.8, 4) is 22.3 Å². The predicted molar refractivity (Wildman–Crippen MR) is 174 cm³/mol. The third kappa shape index (κ3) is 3.02. The van der Waals surface area contributed by atoms with Crippen LogP contribution in [0.3, 0.4) is 0 Å². The molecule has 0 unspecified atom stereocenters. The summed E-state index contributed by atoms with van der Waals surface area (Å²) < 4.78 is 0. The second kappa shape index (κ2) is 8.15. The summed E-state index contributed by atoms with van der Waals surface area (Å²) in [7, 11) is 0. The molecule has 0 heterocycles. The predicted octanol–water partition coefficient (Wildman–Crippen LogP) is 11.4. The quantitative estimate of drug-likeness (QED) is 0.205. The van der Waals surface area contributed by atoms with E-state index >= 15 is 0 Å². The zero-order chi connectivity index (χ0) is 26.2. The van der Waals surface area contributed by atoms with E-state index in [1.807, 2.05) is 0 Å². The molecule has 0 aliphatic heterocycles. The third-order valence-electron chi connectivity index (χ3n) is 8.78. The van der Waals surface area contributed by atoms with Crippen LogP contribution in [0.15, 0.2) is 146 Å². The van der Waals surface area contributed by atoms with Crippen molar-refractivity contribution >= 4 is 64.6 Å². The first kappa shape index (κ1) is 21.7. The van der Waals surface area contributed by atoms with Crippen LogP contribution in [0.4, 0.5) is 0 Å². The molecule has 0 radical (unpaired) electrons. The molecular weight excluding hydrogens is 480 g/mol. The smallest absolute Gasteiger partial charge is 0.00206 e. The van der Waals surface area contributed by atoms with Crippen molar-refractivity contribution in [1.82, 2.24) is 0 Å². The van der Waals surface area contributed by atoms with Crippen molar-refractivity contribution in [3.63, 3.8) is 0 Å². The highest BCUT2D eigenvalue weighted by Crippen LogP contribution is 2.44. The lowest BCUT2D eigenvalue weighted by Gasteiger charge is -2.18. The number of benzene rings is 9. The van der Waals surface area contributed by atoms with Gasteiger partial charge in [-0.2, -0.15) is 0 Å². The van der Waals surface area contributed by atoms with E-state index < -0.39 is 0 Å². The molecule has 0 bridgehead atoms. The molecule has 0 saturated heterocycles. The molecule has 0 heteroatoms. The minimum absolute atomic E-state index is 1.25. The molecule has 0 nitrogen and oxygen atoms in total. The Morgan fingerprint density at radius 3 is 1.65 bits per heavy atom. The van der Waals surface area contributed by atoms with Gasteiger partial charge in [-0.3, -0.25) is 0 Å². The molecule has 0 saturated carbocycles. The highest BCUT2D eigenvalue weighted by molar-refractivity contribution is 6.26. The SMILES string of the molecule is c1ccc2c(-c3ccc4c(ccc5ccccc54)c3)c(-c3ccc4ccc5cccc6ccc3c4c56)ccc2c1. The summed E-state index contributed by atoms with van der Waals surface area (Å²) in [6, 6.07) is 53.9. The lowest BCUT2D eigenvalue weighted by atomic mass is 9.85. The van der Waals surface area contributed by atoms with Crippen LogP contribution in [0.2, 0.25) is 0 Å². The Morgan fingerprint density at radius 2 is 0.800 bits per heavy atom. The normalized spacial score (nSPS) is 12.0. The van der Waals surface area contributed by atoms with E-state index in [9.17, 15) is 0 Å². The Balaban J connectivity index is 1.38. The molecule has 0 aliphatic carbocycles. The molecule has 40 heavy (non-hydrogen) atoms. The van der Waals surface area contributed by atoms with Crippen molar-refractivity contribution in [3.05, 3.63) is 146 Å². The lowest BCUT2D eigenvalue weighted by Crippen LogP contribution is -1.91. The molecule has 0 aromatic heterocycles. The molecule has 9 aromatic rings. The molecule has 0 aliphatic rings. The first-order valence-corrected chi connectivity index (χ1v) is 13.9. The molecule has 9 aromatic carbocycles. The van der Waals surface area contributed by atoms with E-state index in [1.54, 1.807) is 0 Å². The second-order valence-corrected chi connectivity index (χ2v) is 10.9. The van der Waals surface area contributed by atoms with Gasteiger partial charge in [-0.1, -0.05) is 140 Å². The van der Waals surface area contributed by atoms with Gasteiger partial charge in [0.05, 0.1) is 0 Å². The Hall–Kier alpha value is -5.20. The maximum atomic E-state index is 2.38. The van der Waals surface area contributed by atoms with E-state index in [1.165, 1.54) is 86.9 Å². The average molecular weight is 505 g/mol. The van der Waals surface area contributed by atoms with Crippen LogP contribution in [-0.2, 0) is 0 Å². The van der Waals surface area contributed by atoms with Crippen molar-refractivity contribution in [2.24, 2.45) is 0 Å². The van der Waals surface area contributed by atoms with Gasteiger partial charge in [0.2, 0.25) is 0 Å². The number of fused-ring (bicyclic) bond motifs is 4. The fourth-order valence-corrected chi connectivity index (χ4v) is 6.95. The first-order valence-electron chi connectivity index (χ1n) is 13.9. The van der Waals surface area contributed by atoms with E-state index in [0.29, 0.717) is 0 Å². The van der Waals surface area contributed by atoms with Gasteiger partial charge in [-0.15, -0.1) is 0 Å². The van der Waals surface area contributed by atoms with E-state index in [0.717, 1.165) is 0 Å². The summed E-state index contributed by atoms with van der Waals surface area (Å²) in [6.07, 6.45) is 0. The van der Waals surface area contributed by atoms with Gasteiger partial charge < -0.3 is 0 Å². The highest BCUT2D eigenvalue weighted by atomic mass is 14.2. The van der Waals surface area contributed by atoms with Gasteiger partial charge in [0.15, 0.2) is 0 Å². The van der Waals surface area contributed by atoms with Crippen molar-refractivity contribution in [2.45, 2.75) is 0 Å². The molecule has 0 atom stereocenters. The summed E-state index contributed by atoms with van der Waals surface area (Å²) in [4.78, 5) is 0. The van der Waals surface area contributed by atoms with Gasteiger partial charge in [-0.25, -0.2) is 0 Å². The van der Waals surface area contributed by atoms with E-state index in [-0.39, 0.29) is 0 Å². The van der Waals surface area contributed by atoms with Crippen molar-refractivity contribution in [1.29, 1.82) is 0 Å². The zero-order valence-electron chi connectivity index (χ0n) is 21.9. The summed E-state index contributed by atoms with van der Waals surface area (Å²) in [5.41, 5.74) is 5.10. The Labute approximate surface area is 232 Å². The minimum Gasteiger partial charge on any atom is -0.0616 e. The summed E-state index contributed by atoms with van der Waals surface area (Å²) >= 11 is 0. The molecule has 9 rings (SSSR count). The van der Waals surface area contributed by atoms with E-state index in [2.05, 4.69) is 146 Å². The third-order valence-corrected chi connectivity index (χ3v) is 8.78. The maximum Gasteiger partial charge on any atom is -0.00206 e. The Bertz CT molecular complexity index is 2410. The highest BCUT2D eigenvalue weighted by Gasteiger charge is 2.17. The number of hydrogen-bond acceptors (Lipinski definition) is 0. The summed E-state index contributed by atoms with van der Waals surface area (Å²) in [6.45, 7) is 0. The van der Waals surface area contributed by atoms with Crippen molar-refractivity contribution in [2.75, 3.05) is 0 Å². The number of hydrogen-bond donors (Lipinski definition) is 0.